The molecule has 32 heavy (non-hydrogen) atoms. The van der Waals surface area contributed by atoms with E-state index in [-0.39, 0.29) is 16.3 Å². The number of anilines is 3. The van der Waals surface area contributed by atoms with Gasteiger partial charge >= 0.3 is 12.2 Å². The molecule has 3 N–H and O–H groups in total. The van der Waals surface area contributed by atoms with Gasteiger partial charge in [0.2, 0.25) is 0 Å². The van der Waals surface area contributed by atoms with Gasteiger partial charge in [-0.25, -0.2) is 13.2 Å². The molecular formula is C22H20F3N3O3S. The van der Waals surface area contributed by atoms with Crippen molar-refractivity contribution in [2.45, 2.75) is 24.9 Å². The molecule has 0 aliphatic rings. The quantitative estimate of drug-likeness (QED) is 0.449. The van der Waals surface area contributed by atoms with Crippen molar-refractivity contribution >= 4 is 33.1 Å². The molecule has 10 heteroatoms. The molecule has 0 saturated carbocycles. The predicted molar refractivity (Wildman–Crippen MR) is 117 cm³/mol. The van der Waals surface area contributed by atoms with Gasteiger partial charge in [-0.3, -0.25) is 4.72 Å². The molecule has 0 radical (unpaired) electrons. The largest absolute Gasteiger partial charge is 0.416 e. The van der Waals surface area contributed by atoms with Gasteiger partial charge in [0, 0.05) is 17.1 Å². The standard InChI is InChI=1S/C22H20F3N3O3S/c1-14-5-3-8-19(11-14)28-32(30,31)20-13-18(10-9-15(20)2)27-21(29)26-17-7-4-6-16(12-17)22(23,24)25/h3-13,28H,1-2H3,(H2,26,27,29). The number of hydrogen-bond donors (Lipinski definition) is 3. The summed E-state index contributed by atoms with van der Waals surface area (Å²) in [5.41, 5.74) is 0.923. The molecule has 0 spiro atoms. The summed E-state index contributed by atoms with van der Waals surface area (Å²) in [7, 11) is -3.95. The Bertz CT molecular complexity index is 1260. The van der Waals surface area contributed by atoms with Gasteiger partial charge in [-0.05, 0) is 67.4 Å². The number of hydrogen-bond acceptors (Lipinski definition) is 3. The Morgan fingerprint density at radius 3 is 2.09 bits per heavy atom. The number of aryl methyl sites for hydroxylation is 2. The Hall–Kier alpha value is -3.53. The molecule has 0 aliphatic carbocycles. The Labute approximate surface area is 183 Å². The topological polar surface area (TPSA) is 87.3 Å². The lowest BCUT2D eigenvalue weighted by Crippen LogP contribution is -2.20. The highest BCUT2D eigenvalue weighted by Crippen LogP contribution is 2.30. The summed E-state index contributed by atoms with van der Waals surface area (Å²) >= 11 is 0. The maximum absolute atomic E-state index is 12.8. The van der Waals surface area contributed by atoms with Gasteiger partial charge in [0.1, 0.15) is 0 Å². The maximum atomic E-state index is 12.8. The molecule has 0 saturated heterocycles. The first kappa shape index (κ1) is 23.1. The number of carbonyl (C=O) groups is 1. The molecule has 0 aromatic heterocycles. The number of halogens is 3. The molecule has 168 valence electrons. The van der Waals surface area contributed by atoms with Crippen LogP contribution >= 0.6 is 0 Å². The Morgan fingerprint density at radius 1 is 0.812 bits per heavy atom. The van der Waals surface area contributed by atoms with E-state index in [2.05, 4.69) is 15.4 Å². The van der Waals surface area contributed by atoms with Crippen LogP contribution in [0, 0.1) is 13.8 Å². The number of amides is 2. The second kappa shape index (κ2) is 8.91. The molecule has 3 aromatic carbocycles. The average molecular weight is 463 g/mol. The smallest absolute Gasteiger partial charge is 0.308 e. The number of carbonyl (C=O) groups excluding carboxylic acids is 1. The number of alkyl halides is 3. The third-order valence-corrected chi connectivity index (χ3v) is 5.98. The number of urea groups is 1. The summed E-state index contributed by atoms with van der Waals surface area (Å²) in [5, 5.41) is 4.74. The lowest BCUT2D eigenvalue weighted by molar-refractivity contribution is -0.137. The zero-order chi connectivity index (χ0) is 23.5. The summed E-state index contributed by atoms with van der Waals surface area (Å²) < 4.78 is 66.7. The fourth-order valence-electron chi connectivity index (χ4n) is 2.95. The zero-order valence-corrected chi connectivity index (χ0v) is 17.9. The van der Waals surface area contributed by atoms with Gasteiger partial charge in [-0.15, -0.1) is 0 Å². The Kier molecular flexibility index (Phi) is 6.45. The molecule has 2 amide bonds. The lowest BCUT2D eigenvalue weighted by atomic mass is 10.2. The van der Waals surface area contributed by atoms with Gasteiger partial charge in [0.25, 0.3) is 10.0 Å². The summed E-state index contributed by atoms with van der Waals surface area (Å²) in [6, 6.07) is 14.5. The third kappa shape index (κ3) is 5.79. The van der Waals surface area contributed by atoms with Crippen LogP contribution in [0.5, 0.6) is 0 Å². The van der Waals surface area contributed by atoms with Crippen LogP contribution in [0.25, 0.3) is 0 Å². The molecular weight excluding hydrogens is 443 g/mol. The summed E-state index contributed by atoms with van der Waals surface area (Å²) in [4.78, 5) is 12.2. The second-order valence-electron chi connectivity index (χ2n) is 7.11. The van der Waals surface area contributed by atoms with Gasteiger partial charge in [0.15, 0.2) is 0 Å². The summed E-state index contributed by atoms with van der Waals surface area (Å²) in [6.45, 7) is 3.44. The van der Waals surface area contributed by atoms with E-state index in [1.807, 2.05) is 13.0 Å². The van der Waals surface area contributed by atoms with Gasteiger partial charge in [-0.2, -0.15) is 13.2 Å². The molecule has 0 unspecified atom stereocenters. The second-order valence-corrected chi connectivity index (χ2v) is 8.76. The molecule has 6 nitrogen and oxygen atoms in total. The highest BCUT2D eigenvalue weighted by atomic mass is 32.2. The first-order valence-electron chi connectivity index (χ1n) is 9.39. The predicted octanol–water partition coefficient (Wildman–Crippen LogP) is 5.77. The maximum Gasteiger partial charge on any atom is 0.416 e. The SMILES string of the molecule is Cc1cccc(NS(=O)(=O)c2cc(NC(=O)Nc3cccc(C(F)(F)F)c3)ccc2C)c1. The van der Waals surface area contributed by atoms with Crippen LogP contribution in [0.4, 0.5) is 35.0 Å². The monoisotopic (exact) mass is 463 g/mol. The molecule has 0 heterocycles. The fourth-order valence-corrected chi connectivity index (χ4v) is 4.27. The van der Waals surface area contributed by atoms with Gasteiger partial charge in [0.05, 0.1) is 10.5 Å². The van der Waals surface area contributed by atoms with E-state index in [1.165, 1.54) is 30.3 Å². The van der Waals surface area contributed by atoms with Crippen LogP contribution in [0.1, 0.15) is 16.7 Å². The van der Waals surface area contributed by atoms with Crippen molar-refractivity contribution in [1.29, 1.82) is 0 Å². The number of rotatable bonds is 5. The van der Waals surface area contributed by atoms with Crippen LogP contribution in [-0.4, -0.2) is 14.4 Å². The molecule has 0 aliphatic heterocycles. The molecule has 3 rings (SSSR count). The molecule has 0 atom stereocenters. The van der Waals surface area contributed by atoms with Crippen LogP contribution in [0.3, 0.4) is 0 Å². The van der Waals surface area contributed by atoms with E-state index in [1.54, 1.807) is 25.1 Å². The van der Waals surface area contributed by atoms with E-state index in [0.717, 1.165) is 17.7 Å². The highest BCUT2D eigenvalue weighted by Gasteiger charge is 2.30. The summed E-state index contributed by atoms with van der Waals surface area (Å²) in [5.74, 6) is 0. The van der Waals surface area contributed by atoms with E-state index < -0.39 is 27.8 Å². The molecule has 3 aromatic rings. The molecule has 0 fully saturated rings. The molecule has 0 bridgehead atoms. The number of sulfonamides is 1. The Balaban J connectivity index is 1.77. The normalized spacial score (nSPS) is 11.7. The summed E-state index contributed by atoms with van der Waals surface area (Å²) in [6.07, 6.45) is -4.54. The van der Waals surface area contributed by atoms with Crippen LogP contribution in [-0.2, 0) is 16.2 Å². The van der Waals surface area contributed by atoms with Crippen molar-refractivity contribution in [3.05, 3.63) is 83.4 Å². The zero-order valence-electron chi connectivity index (χ0n) is 17.1. The first-order chi connectivity index (χ1) is 14.9. The third-order valence-electron chi connectivity index (χ3n) is 4.45. The van der Waals surface area contributed by atoms with E-state index in [4.69, 9.17) is 0 Å². The van der Waals surface area contributed by atoms with Crippen molar-refractivity contribution < 1.29 is 26.4 Å². The van der Waals surface area contributed by atoms with Crippen molar-refractivity contribution in [1.82, 2.24) is 0 Å². The van der Waals surface area contributed by atoms with Gasteiger partial charge < -0.3 is 10.6 Å². The highest BCUT2D eigenvalue weighted by molar-refractivity contribution is 7.92. The van der Waals surface area contributed by atoms with Crippen molar-refractivity contribution in [3.8, 4) is 0 Å². The van der Waals surface area contributed by atoms with E-state index >= 15 is 0 Å². The van der Waals surface area contributed by atoms with Crippen LogP contribution in [0.2, 0.25) is 0 Å². The average Bonchev–Trinajstić information content (AvgIpc) is 2.68. The van der Waals surface area contributed by atoms with Crippen LogP contribution in [0.15, 0.2) is 71.6 Å². The fraction of sp³-hybridized carbons (Fsp3) is 0.136. The van der Waals surface area contributed by atoms with Gasteiger partial charge in [-0.1, -0.05) is 24.3 Å². The van der Waals surface area contributed by atoms with Crippen LogP contribution < -0.4 is 15.4 Å². The number of benzene rings is 3. The minimum atomic E-state index is -4.54. The minimum absolute atomic E-state index is 0.0455. The van der Waals surface area contributed by atoms with Crippen molar-refractivity contribution in [2.24, 2.45) is 0 Å². The lowest BCUT2D eigenvalue weighted by Gasteiger charge is -2.14. The Morgan fingerprint density at radius 2 is 1.44 bits per heavy atom. The van der Waals surface area contributed by atoms with E-state index in [9.17, 15) is 26.4 Å². The first-order valence-corrected chi connectivity index (χ1v) is 10.9. The minimum Gasteiger partial charge on any atom is -0.308 e. The number of nitrogens with one attached hydrogen (secondary N) is 3. The van der Waals surface area contributed by atoms with E-state index in [0.29, 0.717) is 11.3 Å². The van der Waals surface area contributed by atoms with Crippen molar-refractivity contribution in [2.75, 3.05) is 15.4 Å². The van der Waals surface area contributed by atoms with Crippen molar-refractivity contribution in [3.63, 3.8) is 0 Å².